The van der Waals surface area contributed by atoms with E-state index in [1.807, 2.05) is 17.9 Å². The lowest BCUT2D eigenvalue weighted by Crippen LogP contribution is -2.25. The van der Waals surface area contributed by atoms with Gasteiger partial charge >= 0.3 is 0 Å². The fraction of sp³-hybridized carbons (Fsp3) is 0.471. The molecule has 3 nitrogen and oxygen atoms in total. The molecule has 2 aromatic rings. The first-order chi connectivity index (χ1) is 9.44. The van der Waals surface area contributed by atoms with E-state index < -0.39 is 0 Å². The Morgan fingerprint density at radius 2 is 1.90 bits per heavy atom. The minimum Gasteiger partial charge on any atom is -0.306 e. The van der Waals surface area contributed by atoms with Gasteiger partial charge in [0.25, 0.3) is 0 Å². The number of benzene rings is 1. The normalized spacial score (nSPS) is 13.4. The fourth-order valence-corrected chi connectivity index (χ4v) is 2.41. The molecule has 2 rings (SSSR count). The van der Waals surface area contributed by atoms with Gasteiger partial charge in [-0.1, -0.05) is 51.1 Å². The van der Waals surface area contributed by atoms with E-state index in [-0.39, 0.29) is 0 Å². The van der Waals surface area contributed by atoms with Crippen molar-refractivity contribution in [2.75, 3.05) is 0 Å². The first-order valence-electron chi connectivity index (χ1n) is 7.20. The van der Waals surface area contributed by atoms with Crippen molar-refractivity contribution in [3.05, 3.63) is 53.9 Å². The minimum atomic E-state index is 0.294. The van der Waals surface area contributed by atoms with Crippen LogP contribution in [0.25, 0.3) is 0 Å². The second-order valence-electron chi connectivity index (χ2n) is 6.63. The van der Waals surface area contributed by atoms with Gasteiger partial charge in [0, 0.05) is 31.4 Å². The molecule has 1 heterocycles. The molecule has 20 heavy (non-hydrogen) atoms. The number of hydrogen-bond acceptors (Lipinski definition) is 2. The molecule has 0 radical (unpaired) electrons. The van der Waals surface area contributed by atoms with Gasteiger partial charge in [-0.15, -0.1) is 0 Å². The van der Waals surface area contributed by atoms with Gasteiger partial charge in [0.15, 0.2) is 0 Å². The number of aromatic nitrogens is 2. The highest BCUT2D eigenvalue weighted by Gasteiger charge is 2.19. The van der Waals surface area contributed by atoms with Crippen molar-refractivity contribution in [1.29, 1.82) is 0 Å². The second-order valence-corrected chi connectivity index (χ2v) is 6.63. The summed E-state index contributed by atoms with van der Waals surface area (Å²) in [6, 6.07) is 11.1. The predicted molar refractivity (Wildman–Crippen MR) is 83.3 cm³/mol. The molecule has 1 N–H and O–H groups in total. The van der Waals surface area contributed by atoms with Crippen molar-refractivity contribution in [3.8, 4) is 0 Å². The number of nitrogens with zero attached hydrogens (tertiary/aromatic N) is 2. The average molecular weight is 271 g/mol. The summed E-state index contributed by atoms with van der Waals surface area (Å²) in [4.78, 5) is 0. The lowest BCUT2D eigenvalue weighted by atomic mass is 9.85. The second kappa shape index (κ2) is 6.23. The van der Waals surface area contributed by atoms with Gasteiger partial charge in [-0.2, -0.15) is 5.10 Å². The van der Waals surface area contributed by atoms with Crippen LogP contribution in [0.4, 0.5) is 0 Å². The van der Waals surface area contributed by atoms with Crippen molar-refractivity contribution >= 4 is 0 Å². The lowest BCUT2D eigenvalue weighted by molar-refractivity contribution is 0.310. The van der Waals surface area contributed by atoms with E-state index in [2.05, 4.69) is 67.7 Å². The molecule has 1 unspecified atom stereocenters. The summed E-state index contributed by atoms with van der Waals surface area (Å²) in [5.74, 6) is 0. The Morgan fingerprint density at radius 1 is 1.20 bits per heavy atom. The maximum absolute atomic E-state index is 4.22. The summed E-state index contributed by atoms with van der Waals surface area (Å²) in [5, 5.41) is 7.89. The van der Waals surface area contributed by atoms with E-state index in [1.165, 1.54) is 11.1 Å². The summed E-state index contributed by atoms with van der Waals surface area (Å²) in [5.41, 5.74) is 2.87. The summed E-state index contributed by atoms with van der Waals surface area (Å²) in [6.07, 6.45) is 5.09. The zero-order valence-corrected chi connectivity index (χ0v) is 12.9. The van der Waals surface area contributed by atoms with E-state index in [0.29, 0.717) is 11.5 Å². The van der Waals surface area contributed by atoms with Gasteiger partial charge in [-0.05, 0) is 17.4 Å². The van der Waals surface area contributed by atoms with E-state index in [1.54, 1.807) is 0 Å². The standard InChI is InChI=1S/C17H25N3/c1-17(2,3)10-16(15-8-6-5-7-9-15)18-11-14-12-19-20(4)13-14/h5-9,12-13,16,18H,10-11H2,1-4H3. The molecular weight excluding hydrogens is 246 g/mol. The molecule has 1 atom stereocenters. The summed E-state index contributed by atoms with van der Waals surface area (Å²) in [7, 11) is 1.95. The summed E-state index contributed by atoms with van der Waals surface area (Å²) < 4.78 is 1.85. The van der Waals surface area contributed by atoms with Crippen molar-refractivity contribution in [2.24, 2.45) is 12.5 Å². The van der Waals surface area contributed by atoms with Crippen LogP contribution in [0.15, 0.2) is 42.7 Å². The molecule has 0 spiro atoms. The SMILES string of the molecule is Cn1cc(CNC(CC(C)(C)C)c2ccccc2)cn1. The Morgan fingerprint density at radius 3 is 2.45 bits per heavy atom. The van der Waals surface area contributed by atoms with Gasteiger partial charge in [0.1, 0.15) is 0 Å². The fourth-order valence-electron chi connectivity index (χ4n) is 2.41. The molecule has 0 aliphatic carbocycles. The lowest BCUT2D eigenvalue weighted by Gasteiger charge is -2.27. The quantitative estimate of drug-likeness (QED) is 0.899. The average Bonchev–Trinajstić information content (AvgIpc) is 2.80. The third-order valence-electron chi connectivity index (χ3n) is 3.33. The number of nitrogens with one attached hydrogen (secondary N) is 1. The Balaban J connectivity index is 2.07. The monoisotopic (exact) mass is 271 g/mol. The van der Waals surface area contributed by atoms with Crippen molar-refractivity contribution in [3.63, 3.8) is 0 Å². The number of hydrogen-bond donors (Lipinski definition) is 1. The molecule has 0 aliphatic rings. The van der Waals surface area contributed by atoms with Crippen LogP contribution in [0.1, 0.15) is 44.4 Å². The largest absolute Gasteiger partial charge is 0.306 e. The molecule has 1 aromatic carbocycles. The Kier molecular flexibility index (Phi) is 4.61. The van der Waals surface area contributed by atoms with E-state index in [0.717, 1.165) is 13.0 Å². The highest BCUT2D eigenvalue weighted by atomic mass is 15.2. The van der Waals surface area contributed by atoms with Crippen LogP contribution in [-0.4, -0.2) is 9.78 Å². The van der Waals surface area contributed by atoms with Gasteiger partial charge < -0.3 is 5.32 Å². The first-order valence-corrected chi connectivity index (χ1v) is 7.20. The highest BCUT2D eigenvalue weighted by molar-refractivity contribution is 5.19. The van der Waals surface area contributed by atoms with E-state index >= 15 is 0 Å². The number of rotatable bonds is 5. The molecule has 0 fully saturated rings. The zero-order chi connectivity index (χ0) is 14.6. The number of aryl methyl sites for hydroxylation is 1. The van der Waals surface area contributed by atoms with Crippen LogP contribution in [0, 0.1) is 5.41 Å². The van der Waals surface area contributed by atoms with Crippen LogP contribution in [0.5, 0.6) is 0 Å². The Bertz CT molecular complexity index is 523. The molecule has 0 amide bonds. The van der Waals surface area contributed by atoms with Crippen LogP contribution in [0.2, 0.25) is 0 Å². The van der Waals surface area contributed by atoms with Gasteiger partial charge in [-0.3, -0.25) is 4.68 Å². The summed E-state index contributed by atoms with van der Waals surface area (Å²) >= 11 is 0. The molecule has 108 valence electrons. The Labute approximate surface area is 122 Å². The van der Waals surface area contributed by atoms with Crippen LogP contribution >= 0.6 is 0 Å². The van der Waals surface area contributed by atoms with Crippen molar-refractivity contribution < 1.29 is 0 Å². The maximum Gasteiger partial charge on any atom is 0.0534 e. The van der Waals surface area contributed by atoms with Crippen molar-refractivity contribution in [2.45, 2.75) is 39.8 Å². The molecule has 0 bridgehead atoms. The minimum absolute atomic E-state index is 0.294. The Hall–Kier alpha value is -1.61. The van der Waals surface area contributed by atoms with Crippen LogP contribution in [0.3, 0.4) is 0 Å². The summed E-state index contributed by atoms with van der Waals surface area (Å²) in [6.45, 7) is 7.71. The first kappa shape index (κ1) is 14.8. The van der Waals surface area contributed by atoms with Gasteiger partial charge in [-0.25, -0.2) is 0 Å². The van der Waals surface area contributed by atoms with Gasteiger partial charge in [0.2, 0.25) is 0 Å². The van der Waals surface area contributed by atoms with E-state index in [4.69, 9.17) is 0 Å². The molecule has 0 saturated carbocycles. The maximum atomic E-state index is 4.22. The van der Waals surface area contributed by atoms with E-state index in [9.17, 15) is 0 Å². The molecular formula is C17H25N3. The zero-order valence-electron chi connectivity index (χ0n) is 12.9. The highest BCUT2D eigenvalue weighted by Crippen LogP contribution is 2.29. The molecule has 1 aromatic heterocycles. The van der Waals surface area contributed by atoms with Gasteiger partial charge in [0.05, 0.1) is 6.20 Å². The van der Waals surface area contributed by atoms with Crippen LogP contribution < -0.4 is 5.32 Å². The van der Waals surface area contributed by atoms with Crippen LogP contribution in [-0.2, 0) is 13.6 Å². The molecule has 0 saturated heterocycles. The topological polar surface area (TPSA) is 29.9 Å². The third kappa shape index (κ3) is 4.49. The predicted octanol–water partition coefficient (Wildman–Crippen LogP) is 3.69. The van der Waals surface area contributed by atoms with Crippen molar-refractivity contribution in [1.82, 2.24) is 15.1 Å². The third-order valence-corrected chi connectivity index (χ3v) is 3.33. The molecule has 0 aliphatic heterocycles. The smallest absolute Gasteiger partial charge is 0.0534 e. The molecule has 3 heteroatoms.